The van der Waals surface area contributed by atoms with Crippen LogP contribution in [-0.2, 0) is 14.4 Å². The zero-order chi connectivity index (χ0) is 30.4. The third kappa shape index (κ3) is 5.69. The monoisotopic (exact) mass is 719 g/mol. The summed E-state index contributed by atoms with van der Waals surface area (Å²) in [4.78, 5) is 56.9. The fraction of sp³-hybridized carbons (Fsp3) is 0.172. The standard InChI is InChI=1S/C29H20BrCl2N3O6S2/c1-40-20-10-13(2-9-19(20)41-12-21(36)33-15-5-8-17(31)18(32)11-15)22-23-25(42-26-24(22)43-29(39)34-26)28(38)35(27(23)37)16-6-3-14(30)4-7-16/h2-11,22-23,25H,12H2,1H3,(H,33,36)(H,34,39). The van der Waals surface area contributed by atoms with E-state index in [1.54, 1.807) is 54.6 Å². The Hall–Kier alpha value is -3.29. The number of methoxy groups -OCH3 is 1. The zero-order valence-corrected chi connectivity index (χ0v) is 26.8. The highest BCUT2D eigenvalue weighted by Gasteiger charge is 2.56. The van der Waals surface area contributed by atoms with E-state index >= 15 is 0 Å². The van der Waals surface area contributed by atoms with E-state index in [9.17, 15) is 19.2 Å². The van der Waals surface area contributed by atoms with Crippen molar-refractivity contribution in [3.05, 3.63) is 95.3 Å². The molecular weight excluding hydrogens is 701 g/mol. The molecule has 2 N–H and O–H groups in total. The molecule has 9 nitrogen and oxygen atoms in total. The van der Waals surface area contributed by atoms with Crippen molar-refractivity contribution in [2.45, 2.75) is 16.2 Å². The van der Waals surface area contributed by atoms with Gasteiger partial charge in [-0.2, -0.15) is 0 Å². The summed E-state index contributed by atoms with van der Waals surface area (Å²) in [6.07, 6.45) is 0. The molecule has 220 valence electrons. The average molecular weight is 721 g/mol. The van der Waals surface area contributed by atoms with E-state index in [-0.39, 0.29) is 23.3 Å². The van der Waals surface area contributed by atoms with Crippen LogP contribution >= 0.6 is 62.2 Å². The SMILES string of the molecule is COc1cc(C2c3sc(=O)[nH]c3SC3C(=O)N(c4ccc(Br)cc4)C(=O)C32)ccc1OCC(=O)Nc1ccc(Cl)c(Cl)c1. The number of hydrogen-bond donors (Lipinski definition) is 2. The first-order chi connectivity index (χ1) is 20.6. The summed E-state index contributed by atoms with van der Waals surface area (Å²) in [5.74, 6) is -1.85. The van der Waals surface area contributed by atoms with Gasteiger partial charge in [0.1, 0.15) is 5.25 Å². The molecule has 0 saturated carbocycles. The van der Waals surface area contributed by atoms with Gasteiger partial charge in [-0.05, 0) is 60.2 Å². The first-order valence-corrected chi connectivity index (χ1v) is 16.0. The molecule has 2 aliphatic rings. The van der Waals surface area contributed by atoms with Gasteiger partial charge in [-0.25, -0.2) is 4.90 Å². The fourth-order valence-electron chi connectivity index (χ4n) is 5.13. The number of aromatic amines is 1. The number of amides is 3. The van der Waals surface area contributed by atoms with E-state index in [2.05, 4.69) is 26.2 Å². The minimum absolute atomic E-state index is 0.271. The fourth-order valence-corrected chi connectivity index (χ4v) is 8.21. The molecule has 3 heterocycles. The molecule has 6 rings (SSSR count). The maximum atomic E-state index is 13.9. The number of thioether (sulfide) groups is 1. The Balaban J connectivity index is 1.28. The lowest BCUT2D eigenvalue weighted by molar-refractivity contribution is -0.122. The molecule has 3 unspecified atom stereocenters. The van der Waals surface area contributed by atoms with Crippen LogP contribution in [0, 0.1) is 5.92 Å². The van der Waals surface area contributed by atoms with Crippen LogP contribution in [0.15, 0.2) is 75.0 Å². The highest BCUT2D eigenvalue weighted by atomic mass is 79.9. The van der Waals surface area contributed by atoms with Crippen LogP contribution in [0.5, 0.6) is 11.5 Å². The summed E-state index contributed by atoms with van der Waals surface area (Å²) in [7, 11) is 1.46. The molecule has 0 radical (unpaired) electrons. The summed E-state index contributed by atoms with van der Waals surface area (Å²) in [5, 5.41) is 3.20. The predicted octanol–water partition coefficient (Wildman–Crippen LogP) is 6.33. The number of carbonyl (C=O) groups excluding carboxylic acids is 3. The van der Waals surface area contributed by atoms with Crippen LogP contribution in [-0.4, -0.2) is 41.7 Å². The van der Waals surface area contributed by atoms with Crippen LogP contribution < -0.4 is 24.6 Å². The number of thiazole rings is 1. The van der Waals surface area contributed by atoms with Gasteiger partial charge in [0, 0.05) is 21.0 Å². The van der Waals surface area contributed by atoms with Crippen molar-refractivity contribution in [2.75, 3.05) is 23.9 Å². The van der Waals surface area contributed by atoms with E-state index in [0.29, 0.717) is 48.4 Å². The molecule has 3 amide bonds. The molecule has 1 fully saturated rings. The van der Waals surface area contributed by atoms with Gasteiger partial charge in [0.15, 0.2) is 18.1 Å². The van der Waals surface area contributed by atoms with Crippen molar-refractivity contribution in [2.24, 2.45) is 5.92 Å². The van der Waals surface area contributed by atoms with E-state index in [0.717, 1.165) is 15.8 Å². The molecule has 0 spiro atoms. The topological polar surface area (TPSA) is 118 Å². The van der Waals surface area contributed by atoms with Gasteiger partial charge in [-0.3, -0.25) is 19.2 Å². The lowest BCUT2D eigenvalue weighted by Crippen LogP contribution is -2.32. The second-order valence-electron chi connectivity index (χ2n) is 9.61. The van der Waals surface area contributed by atoms with Gasteiger partial charge in [-0.1, -0.05) is 68.3 Å². The van der Waals surface area contributed by atoms with Gasteiger partial charge in [0.2, 0.25) is 11.8 Å². The third-order valence-electron chi connectivity index (χ3n) is 7.02. The van der Waals surface area contributed by atoms with Crippen molar-refractivity contribution in [3.63, 3.8) is 0 Å². The smallest absolute Gasteiger partial charge is 0.305 e. The number of ether oxygens (including phenoxy) is 2. The Morgan fingerprint density at radius 2 is 1.77 bits per heavy atom. The van der Waals surface area contributed by atoms with Crippen molar-refractivity contribution in [1.82, 2.24) is 4.98 Å². The molecule has 3 atom stereocenters. The predicted molar refractivity (Wildman–Crippen MR) is 170 cm³/mol. The Kier molecular flexibility index (Phi) is 8.31. The number of imide groups is 1. The molecular formula is C29H20BrCl2N3O6S2. The molecule has 4 aromatic rings. The molecule has 43 heavy (non-hydrogen) atoms. The quantitative estimate of drug-likeness (QED) is 0.215. The van der Waals surface area contributed by atoms with E-state index in [4.69, 9.17) is 32.7 Å². The second-order valence-corrected chi connectivity index (χ2v) is 13.5. The number of benzene rings is 3. The zero-order valence-electron chi connectivity index (χ0n) is 22.1. The van der Waals surface area contributed by atoms with Gasteiger partial charge in [0.05, 0.1) is 33.8 Å². The van der Waals surface area contributed by atoms with E-state index in [1.165, 1.54) is 29.8 Å². The number of carbonyl (C=O) groups is 3. The van der Waals surface area contributed by atoms with Crippen LogP contribution in [0.3, 0.4) is 0 Å². The van der Waals surface area contributed by atoms with Crippen LogP contribution in [0.25, 0.3) is 0 Å². The molecule has 1 aromatic heterocycles. The number of anilines is 2. The van der Waals surface area contributed by atoms with Gasteiger partial charge < -0.3 is 19.8 Å². The number of rotatable bonds is 7. The van der Waals surface area contributed by atoms with Crippen molar-refractivity contribution < 1.29 is 23.9 Å². The Morgan fingerprint density at radius 3 is 2.49 bits per heavy atom. The van der Waals surface area contributed by atoms with Gasteiger partial charge >= 0.3 is 4.87 Å². The largest absolute Gasteiger partial charge is 0.493 e. The second kappa shape index (κ2) is 12.0. The molecule has 1 saturated heterocycles. The summed E-state index contributed by atoms with van der Waals surface area (Å²) >= 11 is 17.6. The first-order valence-electron chi connectivity index (χ1n) is 12.7. The van der Waals surface area contributed by atoms with Gasteiger partial charge in [-0.15, -0.1) is 0 Å². The lowest BCUT2D eigenvalue weighted by Gasteiger charge is -2.30. The van der Waals surface area contributed by atoms with Crippen LogP contribution in [0.2, 0.25) is 10.0 Å². The number of fused-ring (bicyclic) bond motifs is 2. The van der Waals surface area contributed by atoms with E-state index in [1.807, 2.05) is 0 Å². The highest BCUT2D eigenvalue weighted by Crippen LogP contribution is 2.53. The molecule has 2 aliphatic heterocycles. The summed E-state index contributed by atoms with van der Waals surface area (Å²) in [6.45, 7) is -0.320. The van der Waals surface area contributed by atoms with Crippen molar-refractivity contribution in [1.29, 1.82) is 0 Å². The third-order valence-corrected chi connectivity index (χ3v) is 10.7. The number of aromatic nitrogens is 1. The maximum absolute atomic E-state index is 13.9. The van der Waals surface area contributed by atoms with E-state index < -0.39 is 23.0 Å². The minimum atomic E-state index is -0.756. The van der Waals surface area contributed by atoms with Crippen molar-refractivity contribution >= 4 is 91.3 Å². The summed E-state index contributed by atoms with van der Waals surface area (Å²) in [5.41, 5.74) is 1.60. The Bertz CT molecular complexity index is 1830. The number of nitrogens with zero attached hydrogens (tertiary/aromatic N) is 1. The summed E-state index contributed by atoms with van der Waals surface area (Å²) < 4.78 is 12.2. The first kappa shape index (κ1) is 29.8. The average Bonchev–Trinajstić information content (AvgIpc) is 3.48. The highest BCUT2D eigenvalue weighted by molar-refractivity contribution is 9.10. The Labute approximate surface area is 271 Å². The molecule has 3 aromatic carbocycles. The van der Waals surface area contributed by atoms with Crippen LogP contribution in [0.4, 0.5) is 11.4 Å². The minimum Gasteiger partial charge on any atom is -0.493 e. The molecule has 0 bridgehead atoms. The molecule has 0 aliphatic carbocycles. The Morgan fingerprint density at radius 1 is 1.00 bits per heavy atom. The number of nitrogens with one attached hydrogen (secondary N) is 2. The van der Waals surface area contributed by atoms with Gasteiger partial charge in [0.25, 0.3) is 5.91 Å². The lowest BCUT2D eigenvalue weighted by atomic mass is 9.83. The number of halogens is 3. The van der Waals surface area contributed by atoms with Crippen molar-refractivity contribution in [3.8, 4) is 11.5 Å². The van der Waals surface area contributed by atoms with Crippen LogP contribution in [0.1, 0.15) is 16.4 Å². The normalized spacial score (nSPS) is 19.2. The molecule has 14 heteroatoms. The maximum Gasteiger partial charge on any atom is 0.305 e. The summed E-state index contributed by atoms with van der Waals surface area (Å²) in [6, 6.07) is 16.8. The number of H-pyrrole nitrogens is 1. The number of hydrogen-bond acceptors (Lipinski definition) is 8.